The van der Waals surface area contributed by atoms with E-state index in [0.717, 1.165) is 11.1 Å². The fraction of sp³-hybridized carbons (Fsp3) is 0.133. The van der Waals surface area contributed by atoms with Crippen LogP contribution in [0.5, 0.6) is 0 Å². The summed E-state index contributed by atoms with van der Waals surface area (Å²) in [6.07, 6.45) is 0. The number of benzene rings is 2. The average molecular weight is 256 g/mol. The van der Waals surface area contributed by atoms with Gasteiger partial charge in [-0.3, -0.25) is 0 Å². The number of rotatable bonds is 5. The second-order valence-corrected chi connectivity index (χ2v) is 4.16. The lowest BCUT2D eigenvalue weighted by atomic mass is 10.2. The van der Waals surface area contributed by atoms with Crippen LogP contribution in [0.3, 0.4) is 0 Å². The van der Waals surface area contributed by atoms with Crippen LogP contribution in [0.15, 0.2) is 54.6 Å². The SMILES string of the molecule is NC(=O)Nc1ccc(COCc2ccccc2)cc1. The molecule has 0 aliphatic rings. The highest BCUT2D eigenvalue weighted by molar-refractivity contribution is 5.87. The molecule has 0 saturated heterocycles. The number of carbonyl (C=O) groups excluding carboxylic acids is 1. The molecule has 0 radical (unpaired) electrons. The smallest absolute Gasteiger partial charge is 0.316 e. The maximum Gasteiger partial charge on any atom is 0.316 e. The molecule has 2 rings (SSSR count). The molecule has 19 heavy (non-hydrogen) atoms. The van der Waals surface area contributed by atoms with Crippen molar-refractivity contribution in [3.63, 3.8) is 0 Å². The van der Waals surface area contributed by atoms with E-state index < -0.39 is 6.03 Å². The van der Waals surface area contributed by atoms with E-state index in [2.05, 4.69) is 5.32 Å². The number of hydrogen-bond donors (Lipinski definition) is 2. The normalized spacial score (nSPS) is 10.1. The van der Waals surface area contributed by atoms with Crippen LogP contribution in [-0.2, 0) is 18.0 Å². The monoisotopic (exact) mass is 256 g/mol. The first-order valence-electron chi connectivity index (χ1n) is 6.01. The molecule has 2 aromatic carbocycles. The highest BCUT2D eigenvalue weighted by atomic mass is 16.5. The summed E-state index contributed by atoms with van der Waals surface area (Å²) in [5.41, 5.74) is 7.91. The fourth-order valence-corrected chi connectivity index (χ4v) is 1.69. The third-order valence-electron chi connectivity index (χ3n) is 2.60. The third-order valence-corrected chi connectivity index (χ3v) is 2.60. The lowest BCUT2D eigenvalue weighted by Gasteiger charge is -2.06. The van der Waals surface area contributed by atoms with E-state index in [1.807, 2.05) is 42.5 Å². The van der Waals surface area contributed by atoms with Crippen molar-refractivity contribution in [1.29, 1.82) is 0 Å². The molecule has 0 unspecified atom stereocenters. The Labute approximate surface area is 112 Å². The van der Waals surface area contributed by atoms with Crippen molar-refractivity contribution < 1.29 is 9.53 Å². The van der Waals surface area contributed by atoms with Gasteiger partial charge in [-0.25, -0.2) is 4.79 Å². The van der Waals surface area contributed by atoms with Gasteiger partial charge in [0.2, 0.25) is 0 Å². The predicted molar refractivity (Wildman–Crippen MR) is 74.6 cm³/mol. The van der Waals surface area contributed by atoms with Crippen molar-refractivity contribution in [3.8, 4) is 0 Å². The van der Waals surface area contributed by atoms with Crippen molar-refractivity contribution >= 4 is 11.7 Å². The molecule has 0 aliphatic carbocycles. The zero-order valence-corrected chi connectivity index (χ0v) is 10.5. The summed E-state index contributed by atoms with van der Waals surface area (Å²) in [6.45, 7) is 1.12. The van der Waals surface area contributed by atoms with Crippen molar-refractivity contribution in [2.24, 2.45) is 5.73 Å². The summed E-state index contributed by atoms with van der Waals surface area (Å²) in [5, 5.41) is 2.51. The van der Waals surface area contributed by atoms with Gasteiger partial charge in [-0.1, -0.05) is 42.5 Å². The first kappa shape index (κ1) is 13.1. The van der Waals surface area contributed by atoms with E-state index in [4.69, 9.17) is 10.5 Å². The molecular weight excluding hydrogens is 240 g/mol. The highest BCUT2D eigenvalue weighted by Gasteiger charge is 1.98. The van der Waals surface area contributed by atoms with Gasteiger partial charge in [0, 0.05) is 5.69 Å². The summed E-state index contributed by atoms with van der Waals surface area (Å²) in [5.74, 6) is 0. The van der Waals surface area contributed by atoms with Gasteiger partial charge in [-0.05, 0) is 23.3 Å². The van der Waals surface area contributed by atoms with Gasteiger partial charge in [0.05, 0.1) is 13.2 Å². The number of hydrogen-bond acceptors (Lipinski definition) is 2. The van der Waals surface area contributed by atoms with Gasteiger partial charge in [-0.15, -0.1) is 0 Å². The lowest BCUT2D eigenvalue weighted by Crippen LogP contribution is -2.19. The summed E-state index contributed by atoms with van der Waals surface area (Å²) < 4.78 is 5.61. The second kappa shape index (κ2) is 6.56. The van der Waals surface area contributed by atoms with Gasteiger partial charge in [-0.2, -0.15) is 0 Å². The molecule has 2 aromatic rings. The Kier molecular flexibility index (Phi) is 4.53. The molecule has 0 saturated carbocycles. The number of anilines is 1. The Morgan fingerprint density at radius 1 is 0.947 bits per heavy atom. The molecule has 0 aromatic heterocycles. The van der Waals surface area contributed by atoms with Gasteiger partial charge < -0.3 is 15.8 Å². The first-order chi connectivity index (χ1) is 9.24. The number of nitrogens with one attached hydrogen (secondary N) is 1. The van der Waals surface area contributed by atoms with E-state index >= 15 is 0 Å². The van der Waals surface area contributed by atoms with E-state index in [-0.39, 0.29) is 0 Å². The molecule has 3 N–H and O–H groups in total. The number of primary amides is 1. The van der Waals surface area contributed by atoms with Crippen LogP contribution < -0.4 is 11.1 Å². The Morgan fingerprint density at radius 3 is 2.11 bits per heavy atom. The molecule has 0 atom stereocenters. The van der Waals surface area contributed by atoms with Gasteiger partial charge >= 0.3 is 6.03 Å². The van der Waals surface area contributed by atoms with Crippen LogP contribution in [-0.4, -0.2) is 6.03 Å². The second-order valence-electron chi connectivity index (χ2n) is 4.16. The van der Waals surface area contributed by atoms with Crippen molar-refractivity contribution in [3.05, 3.63) is 65.7 Å². The van der Waals surface area contributed by atoms with Gasteiger partial charge in [0.1, 0.15) is 0 Å². The maximum atomic E-state index is 10.7. The first-order valence-corrected chi connectivity index (χ1v) is 6.01. The Morgan fingerprint density at radius 2 is 1.53 bits per heavy atom. The van der Waals surface area contributed by atoms with Crippen molar-refractivity contribution in [2.75, 3.05) is 5.32 Å². The summed E-state index contributed by atoms with van der Waals surface area (Å²) in [4.78, 5) is 10.7. The minimum Gasteiger partial charge on any atom is -0.372 e. The molecule has 0 bridgehead atoms. The van der Waals surface area contributed by atoms with Gasteiger partial charge in [0.15, 0.2) is 0 Å². The quantitative estimate of drug-likeness (QED) is 0.863. The third kappa shape index (κ3) is 4.44. The molecule has 98 valence electrons. The fourth-order valence-electron chi connectivity index (χ4n) is 1.69. The van der Waals surface area contributed by atoms with Crippen LogP contribution in [0.4, 0.5) is 10.5 Å². The Balaban J connectivity index is 1.81. The topological polar surface area (TPSA) is 64.4 Å². The molecule has 0 fully saturated rings. The lowest BCUT2D eigenvalue weighted by molar-refractivity contribution is 0.107. The zero-order chi connectivity index (χ0) is 13.5. The van der Waals surface area contributed by atoms with Crippen LogP contribution >= 0.6 is 0 Å². The molecule has 2 amide bonds. The van der Waals surface area contributed by atoms with Crippen LogP contribution in [0.2, 0.25) is 0 Å². The van der Waals surface area contributed by atoms with Crippen LogP contribution in [0, 0.1) is 0 Å². The minimum atomic E-state index is -0.562. The average Bonchev–Trinajstić information content (AvgIpc) is 2.41. The summed E-state index contributed by atoms with van der Waals surface area (Å²) >= 11 is 0. The standard InChI is InChI=1S/C15H16N2O2/c16-15(18)17-14-8-6-13(7-9-14)11-19-10-12-4-2-1-3-5-12/h1-9H,10-11H2,(H3,16,17,18). The number of amides is 2. The zero-order valence-electron chi connectivity index (χ0n) is 10.5. The molecule has 0 aliphatic heterocycles. The number of ether oxygens (including phenoxy) is 1. The minimum absolute atomic E-state index is 0.533. The van der Waals surface area contributed by atoms with E-state index in [1.165, 1.54) is 0 Å². The molecular formula is C15H16N2O2. The number of urea groups is 1. The molecule has 4 nitrogen and oxygen atoms in total. The molecule has 0 spiro atoms. The number of nitrogens with two attached hydrogens (primary N) is 1. The Hall–Kier alpha value is -2.33. The molecule has 4 heteroatoms. The summed E-state index contributed by atoms with van der Waals surface area (Å²) in [6, 6.07) is 16.8. The Bertz CT molecular complexity index is 524. The van der Waals surface area contributed by atoms with E-state index in [9.17, 15) is 4.79 Å². The van der Waals surface area contributed by atoms with Crippen molar-refractivity contribution in [2.45, 2.75) is 13.2 Å². The van der Waals surface area contributed by atoms with Gasteiger partial charge in [0.25, 0.3) is 0 Å². The van der Waals surface area contributed by atoms with Crippen molar-refractivity contribution in [1.82, 2.24) is 0 Å². The van der Waals surface area contributed by atoms with Crippen LogP contribution in [0.25, 0.3) is 0 Å². The maximum absolute atomic E-state index is 10.7. The van der Waals surface area contributed by atoms with E-state index in [1.54, 1.807) is 12.1 Å². The van der Waals surface area contributed by atoms with E-state index in [0.29, 0.717) is 18.9 Å². The largest absolute Gasteiger partial charge is 0.372 e. The highest BCUT2D eigenvalue weighted by Crippen LogP contribution is 2.11. The molecule has 0 heterocycles. The van der Waals surface area contributed by atoms with Crippen LogP contribution in [0.1, 0.15) is 11.1 Å². The predicted octanol–water partition coefficient (Wildman–Crippen LogP) is 2.89. The number of carbonyl (C=O) groups is 1. The summed E-state index contributed by atoms with van der Waals surface area (Å²) in [7, 11) is 0.